The van der Waals surface area contributed by atoms with Crippen molar-refractivity contribution in [1.82, 2.24) is 4.90 Å². The number of esters is 1. The summed E-state index contributed by atoms with van der Waals surface area (Å²) in [5, 5.41) is 8.78. The summed E-state index contributed by atoms with van der Waals surface area (Å²) in [6.07, 6.45) is 8.39. The van der Waals surface area contributed by atoms with Crippen LogP contribution in [0.15, 0.2) is 42.5 Å². The van der Waals surface area contributed by atoms with Crippen LogP contribution in [0.25, 0.3) is 0 Å². The second-order valence-corrected chi connectivity index (χ2v) is 9.95. The molecule has 0 saturated carbocycles. The van der Waals surface area contributed by atoms with Crippen LogP contribution in [0.2, 0.25) is 0 Å². The predicted molar refractivity (Wildman–Crippen MR) is 145 cm³/mol. The first-order chi connectivity index (χ1) is 18.7. The van der Waals surface area contributed by atoms with Gasteiger partial charge in [0, 0.05) is 20.0 Å². The molecule has 1 heterocycles. The number of ether oxygens (including phenoxy) is 2. The number of carbonyl (C=O) groups is 5. The van der Waals surface area contributed by atoms with E-state index in [0.29, 0.717) is 19.3 Å². The van der Waals surface area contributed by atoms with Crippen molar-refractivity contribution in [2.24, 2.45) is 5.92 Å². The predicted octanol–water partition coefficient (Wildman–Crippen LogP) is 4.34. The molecule has 1 aromatic rings. The van der Waals surface area contributed by atoms with Gasteiger partial charge in [0.2, 0.25) is 5.91 Å². The minimum absolute atomic E-state index is 0.0243. The molecule has 9 heteroatoms. The van der Waals surface area contributed by atoms with Gasteiger partial charge in [-0.15, -0.1) is 0 Å². The van der Waals surface area contributed by atoms with Crippen LogP contribution in [0.3, 0.4) is 0 Å². The van der Waals surface area contributed by atoms with Gasteiger partial charge in [-0.1, -0.05) is 68.9 Å². The third-order valence-corrected chi connectivity index (χ3v) is 6.69. The molecule has 2 rings (SSSR count). The van der Waals surface area contributed by atoms with Gasteiger partial charge >= 0.3 is 12.1 Å². The molecule has 0 radical (unpaired) electrons. The Hall–Kier alpha value is -3.33. The summed E-state index contributed by atoms with van der Waals surface area (Å²) in [6, 6.07) is 8.77. The average molecular weight is 544 g/mol. The molecule has 0 aliphatic carbocycles. The van der Waals surface area contributed by atoms with E-state index in [9.17, 15) is 24.0 Å². The number of aliphatic hydroxyl groups is 1. The molecule has 214 valence electrons. The molecule has 2 amide bonds. The molecule has 1 saturated heterocycles. The van der Waals surface area contributed by atoms with E-state index in [-0.39, 0.29) is 19.0 Å². The number of hydrogen-bond donors (Lipinski definition) is 1. The van der Waals surface area contributed by atoms with Crippen molar-refractivity contribution in [2.75, 3.05) is 13.2 Å². The fourth-order valence-electron chi connectivity index (χ4n) is 4.53. The minimum atomic E-state index is -1.48. The summed E-state index contributed by atoms with van der Waals surface area (Å²) in [5.41, 5.74) is 0.915. The van der Waals surface area contributed by atoms with Gasteiger partial charge in [-0.25, -0.2) is 9.69 Å². The van der Waals surface area contributed by atoms with E-state index in [0.717, 1.165) is 74.5 Å². The van der Waals surface area contributed by atoms with Crippen molar-refractivity contribution in [2.45, 2.75) is 90.2 Å². The van der Waals surface area contributed by atoms with Crippen LogP contribution in [-0.4, -0.2) is 64.9 Å². The first kappa shape index (κ1) is 31.9. The summed E-state index contributed by atoms with van der Waals surface area (Å²) >= 11 is 0. The van der Waals surface area contributed by atoms with Crippen LogP contribution < -0.4 is 0 Å². The maximum Gasteiger partial charge on any atom is 0.416 e. The third-order valence-electron chi connectivity index (χ3n) is 6.69. The van der Waals surface area contributed by atoms with Crippen LogP contribution in [0.1, 0.15) is 77.2 Å². The zero-order chi connectivity index (χ0) is 28.6. The van der Waals surface area contributed by atoms with E-state index >= 15 is 0 Å². The van der Waals surface area contributed by atoms with Crippen LogP contribution >= 0.6 is 0 Å². The number of aliphatic hydroxyl groups excluding tert-OH is 1. The van der Waals surface area contributed by atoms with Crippen LogP contribution in [-0.2, 0) is 35.1 Å². The zero-order valence-electron chi connectivity index (χ0n) is 23.0. The summed E-state index contributed by atoms with van der Waals surface area (Å²) in [4.78, 5) is 63.6. The Morgan fingerprint density at radius 3 is 2.23 bits per heavy atom. The molecule has 1 fully saturated rings. The Bertz CT molecular complexity index is 990. The fourth-order valence-corrected chi connectivity index (χ4v) is 4.53. The standard InChI is InChI=1S/C30H41NO8/c1-22(29(36)31-25(21-38-30(31)37)20-24-14-10-9-11-15-24)28(39-23(2)33)27(35)18-17-26(34)16-12-7-5-3-4-6-8-13-19-32/h9-11,14-15,17-18,22,25,28,32H,3-8,12-13,16,19-21H2,1-2H3/t22-,25-,28-/m1/s1. The van der Waals surface area contributed by atoms with E-state index in [1.165, 1.54) is 6.92 Å². The topological polar surface area (TPSA) is 127 Å². The number of amides is 2. The fraction of sp³-hybridized carbons (Fsp3) is 0.567. The SMILES string of the molecule is CC(=O)O[C@@H](C(=O)C=CC(=O)CCCCCCCCCCO)[C@@H](C)C(=O)N1C(=O)OC[C@H]1Cc1ccccc1. The molecule has 1 aliphatic heterocycles. The number of cyclic esters (lactones) is 1. The highest BCUT2D eigenvalue weighted by molar-refractivity contribution is 6.04. The second-order valence-electron chi connectivity index (χ2n) is 9.95. The van der Waals surface area contributed by atoms with Gasteiger partial charge in [-0.05, 0) is 43.9 Å². The first-order valence-corrected chi connectivity index (χ1v) is 13.8. The van der Waals surface area contributed by atoms with Gasteiger partial charge in [-0.2, -0.15) is 0 Å². The summed E-state index contributed by atoms with van der Waals surface area (Å²) in [6.45, 7) is 2.80. The van der Waals surface area contributed by atoms with E-state index in [2.05, 4.69) is 0 Å². The summed E-state index contributed by atoms with van der Waals surface area (Å²) in [7, 11) is 0. The van der Waals surface area contributed by atoms with Crippen LogP contribution in [0.4, 0.5) is 4.79 Å². The number of carbonyl (C=O) groups excluding carboxylic acids is 5. The molecule has 0 bridgehead atoms. The number of ketones is 2. The lowest BCUT2D eigenvalue weighted by atomic mass is 9.96. The Balaban J connectivity index is 1.91. The maximum absolute atomic E-state index is 13.3. The maximum atomic E-state index is 13.3. The monoisotopic (exact) mass is 543 g/mol. The molecular formula is C30H41NO8. The van der Waals surface area contributed by atoms with Crippen molar-refractivity contribution < 1.29 is 38.6 Å². The van der Waals surface area contributed by atoms with E-state index in [1.807, 2.05) is 30.3 Å². The quantitative estimate of drug-likeness (QED) is 0.165. The van der Waals surface area contributed by atoms with Crippen LogP contribution in [0.5, 0.6) is 0 Å². The highest BCUT2D eigenvalue weighted by Gasteiger charge is 2.43. The Morgan fingerprint density at radius 1 is 1.00 bits per heavy atom. The number of rotatable bonds is 18. The molecule has 0 aromatic heterocycles. The number of imide groups is 1. The summed E-state index contributed by atoms with van der Waals surface area (Å²) < 4.78 is 10.3. The number of unbranched alkanes of at least 4 members (excludes halogenated alkanes) is 7. The van der Waals surface area contributed by atoms with Gasteiger partial charge in [0.1, 0.15) is 6.61 Å². The minimum Gasteiger partial charge on any atom is -0.453 e. The Morgan fingerprint density at radius 2 is 1.62 bits per heavy atom. The van der Waals surface area contributed by atoms with Gasteiger partial charge < -0.3 is 14.6 Å². The van der Waals surface area contributed by atoms with Gasteiger partial charge in [-0.3, -0.25) is 19.2 Å². The van der Waals surface area contributed by atoms with E-state index in [1.54, 1.807) is 0 Å². The third kappa shape index (κ3) is 11.1. The Labute approximate surface area is 230 Å². The van der Waals surface area contributed by atoms with Crippen molar-refractivity contribution in [3.63, 3.8) is 0 Å². The zero-order valence-corrected chi connectivity index (χ0v) is 23.0. The van der Waals surface area contributed by atoms with Gasteiger partial charge in [0.25, 0.3) is 0 Å². The van der Waals surface area contributed by atoms with Crippen molar-refractivity contribution in [3.8, 4) is 0 Å². The molecule has 9 nitrogen and oxygen atoms in total. The van der Waals surface area contributed by atoms with E-state index < -0.39 is 41.8 Å². The lowest BCUT2D eigenvalue weighted by Gasteiger charge is -2.26. The highest BCUT2D eigenvalue weighted by Crippen LogP contribution is 2.23. The van der Waals surface area contributed by atoms with Gasteiger partial charge in [0.05, 0.1) is 12.0 Å². The Kier molecular flexibility index (Phi) is 14.1. The average Bonchev–Trinajstić information content (AvgIpc) is 3.28. The summed E-state index contributed by atoms with van der Waals surface area (Å²) in [5.74, 6) is -3.53. The molecule has 1 N–H and O–H groups in total. The molecule has 1 aliphatic rings. The highest BCUT2D eigenvalue weighted by atomic mass is 16.6. The van der Waals surface area contributed by atoms with Crippen molar-refractivity contribution >= 4 is 29.5 Å². The molecule has 1 aromatic carbocycles. The molecule has 3 atom stereocenters. The lowest BCUT2D eigenvalue weighted by Crippen LogP contribution is -2.48. The normalized spacial score (nSPS) is 16.6. The molecular weight excluding hydrogens is 502 g/mol. The number of nitrogens with zero attached hydrogens (tertiary/aromatic N) is 1. The van der Waals surface area contributed by atoms with Crippen LogP contribution in [0, 0.1) is 5.92 Å². The molecule has 0 unspecified atom stereocenters. The number of allylic oxidation sites excluding steroid dienone is 1. The van der Waals surface area contributed by atoms with Crippen molar-refractivity contribution in [3.05, 3.63) is 48.0 Å². The first-order valence-electron chi connectivity index (χ1n) is 13.8. The lowest BCUT2D eigenvalue weighted by molar-refractivity contribution is -0.158. The van der Waals surface area contributed by atoms with E-state index in [4.69, 9.17) is 14.6 Å². The number of benzene rings is 1. The molecule has 0 spiro atoms. The molecule has 39 heavy (non-hydrogen) atoms. The van der Waals surface area contributed by atoms with Gasteiger partial charge in [0.15, 0.2) is 17.7 Å². The second kappa shape index (κ2) is 17.3. The number of hydrogen-bond acceptors (Lipinski definition) is 8. The van der Waals surface area contributed by atoms with Crippen molar-refractivity contribution in [1.29, 1.82) is 0 Å². The largest absolute Gasteiger partial charge is 0.453 e. The smallest absolute Gasteiger partial charge is 0.416 e.